The van der Waals surface area contributed by atoms with Crippen molar-refractivity contribution in [2.45, 2.75) is 57.3 Å². The van der Waals surface area contributed by atoms with Crippen molar-refractivity contribution < 1.29 is 14.6 Å². The molecule has 1 N–H and O–H groups in total. The van der Waals surface area contributed by atoms with Crippen LogP contribution in [0.4, 0.5) is 0 Å². The lowest BCUT2D eigenvalue weighted by atomic mass is 9.48. The van der Waals surface area contributed by atoms with Crippen LogP contribution in [0.25, 0.3) is 17.2 Å². The van der Waals surface area contributed by atoms with Gasteiger partial charge < -0.3 is 9.84 Å². The Balaban J connectivity index is 1.60. The van der Waals surface area contributed by atoms with Crippen LogP contribution < -0.4 is 4.74 Å². The van der Waals surface area contributed by atoms with E-state index < -0.39 is 5.97 Å². The predicted octanol–water partition coefficient (Wildman–Crippen LogP) is 6.95. The maximum Gasteiger partial charge on any atom is 0.336 e. The van der Waals surface area contributed by atoms with Crippen LogP contribution in [-0.2, 0) is 5.41 Å². The van der Waals surface area contributed by atoms with Crippen LogP contribution in [0.2, 0.25) is 0 Å². The fourth-order valence-electron chi connectivity index (χ4n) is 7.12. The Morgan fingerprint density at radius 3 is 2.39 bits per heavy atom. The van der Waals surface area contributed by atoms with E-state index in [1.807, 2.05) is 12.1 Å². The lowest BCUT2D eigenvalue weighted by Crippen LogP contribution is -2.48. The third-order valence-electron chi connectivity index (χ3n) is 7.90. The van der Waals surface area contributed by atoms with Gasteiger partial charge in [0.15, 0.2) is 0 Å². The highest BCUT2D eigenvalue weighted by Crippen LogP contribution is 2.62. The predicted molar refractivity (Wildman–Crippen MR) is 125 cm³/mol. The first-order valence-electron chi connectivity index (χ1n) is 11.8. The number of hydrogen-bond donors (Lipinski definition) is 1. The zero-order chi connectivity index (χ0) is 21.6. The van der Waals surface area contributed by atoms with E-state index in [0.29, 0.717) is 12.2 Å². The molecule has 3 heteroatoms. The lowest BCUT2D eigenvalue weighted by molar-refractivity contribution is -0.00637. The van der Waals surface area contributed by atoms with Gasteiger partial charge in [0, 0.05) is 5.56 Å². The molecular weight excluding hydrogens is 384 g/mol. The molecule has 2 aromatic rings. The molecule has 4 aliphatic rings. The highest BCUT2D eigenvalue weighted by atomic mass is 16.5. The van der Waals surface area contributed by atoms with Crippen LogP contribution in [0.5, 0.6) is 5.75 Å². The zero-order valence-corrected chi connectivity index (χ0v) is 18.4. The molecule has 0 saturated heterocycles. The molecule has 2 aromatic carbocycles. The first-order valence-corrected chi connectivity index (χ1v) is 11.8. The standard InChI is InChI=1S/C28H32O3/c1-3-10-31-26-14-21(23-6-5-7-24(27(29)30)22(23)4-2)8-9-25(26)28-15-18-11-19(16-28)13-20(12-18)17-28/h4-9,14,18-20H,2-3,10-13,15-17H2,1H3,(H,29,30). The molecule has 0 heterocycles. The smallest absolute Gasteiger partial charge is 0.336 e. The first kappa shape index (κ1) is 20.4. The summed E-state index contributed by atoms with van der Waals surface area (Å²) in [7, 11) is 0. The van der Waals surface area contributed by atoms with Crippen LogP contribution in [0, 0.1) is 17.8 Å². The number of ether oxygens (including phenoxy) is 1. The third kappa shape index (κ3) is 3.48. The number of aromatic carboxylic acids is 1. The van der Waals surface area contributed by atoms with Crippen molar-refractivity contribution in [3.8, 4) is 16.9 Å². The van der Waals surface area contributed by atoms with Crippen molar-refractivity contribution in [3.63, 3.8) is 0 Å². The van der Waals surface area contributed by atoms with Crippen LogP contribution >= 0.6 is 0 Å². The Bertz CT molecular complexity index is 984. The molecule has 3 nitrogen and oxygen atoms in total. The van der Waals surface area contributed by atoms with Gasteiger partial charge >= 0.3 is 5.97 Å². The van der Waals surface area contributed by atoms with E-state index in [1.54, 1.807) is 12.1 Å². The Kier molecular flexibility index (Phi) is 5.16. The highest BCUT2D eigenvalue weighted by Gasteiger charge is 2.52. The molecule has 6 rings (SSSR count). The van der Waals surface area contributed by atoms with E-state index >= 15 is 0 Å². The minimum Gasteiger partial charge on any atom is -0.493 e. The maximum atomic E-state index is 11.7. The zero-order valence-electron chi connectivity index (χ0n) is 18.4. The molecule has 0 radical (unpaired) electrons. The second-order valence-electron chi connectivity index (χ2n) is 10.0. The molecule has 4 fully saturated rings. The molecule has 0 aromatic heterocycles. The number of rotatable bonds is 7. The van der Waals surface area contributed by atoms with E-state index in [2.05, 4.69) is 31.7 Å². The van der Waals surface area contributed by atoms with E-state index in [0.717, 1.165) is 41.1 Å². The summed E-state index contributed by atoms with van der Waals surface area (Å²) in [6.45, 7) is 6.72. The van der Waals surface area contributed by atoms with Gasteiger partial charge in [-0.25, -0.2) is 4.79 Å². The van der Waals surface area contributed by atoms with Crippen LogP contribution in [0.1, 0.15) is 73.4 Å². The average molecular weight is 417 g/mol. The minimum atomic E-state index is -0.926. The van der Waals surface area contributed by atoms with Crippen molar-refractivity contribution in [1.82, 2.24) is 0 Å². The Morgan fingerprint density at radius 2 is 1.81 bits per heavy atom. The molecule has 4 bridgehead atoms. The van der Waals surface area contributed by atoms with Gasteiger partial charge in [-0.1, -0.05) is 43.8 Å². The third-order valence-corrected chi connectivity index (χ3v) is 7.90. The normalized spacial score (nSPS) is 28.5. The second kappa shape index (κ2) is 7.85. The topological polar surface area (TPSA) is 46.5 Å². The van der Waals surface area contributed by atoms with Crippen molar-refractivity contribution in [3.05, 3.63) is 59.7 Å². The number of hydrogen-bond acceptors (Lipinski definition) is 2. The lowest BCUT2D eigenvalue weighted by Gasteiger charge is -2.57. The molecule has 4 aliphatic carbocycles. The Hall–Kier alpha value is -2.55. The Labute approximate surface area is 185 Å². The molecule has 162 valence electrons. The average Bonchev–Trinajstić information content (AvgIpc) is 2.75. The molecular formula is C28H32O3. The minimum absolute atomic E-state index is 0.264. The van der Waals surface area contributed by atoms with Gasteiger partial charge in [0.05, 0.1) is 12.2 Å². The molecule has 0 aliphatic heterocycles. The first-order chi connectivity index (χ1) is 15.0. The molecule has 0 atom stereocenters. The van der Waals surface area contributed by atoms with Gasteiger partial charge in [-0.2, -0.15) is 0 Å². The van der Waals surface area contributed by atoms with E-state index in [4.69, 9.17) is 4.74 Å². The number of carboxylic acid groups (broad SMARTS) is 1. The van der Waals surface area contributed by atoms with Gasteiger partial charge in [0.25, 0.3) is 0 Å². The van der Waals surface area contributed by atoms with Crippen molar-refractivity contribution in [2.75, 3.05) is 6.61 Å². The summed E-state index contributed by atoms with van der Waals surface area (Å²) in [5.74, 6) is 2.71. The summed E-state index contributed by atoms with van der Waals surface area (Å²) >= 11 is 0. The molecule has 4 saturated carbocycles. The monoisotopic (exact) mass is 416 g/mol. The van der Waals surface area contributed by atoms with E-state index in [9.17, 15) is 9.90 Å². The number of benzene rings is 2. The van der Waals surface area contributed by atoms with Gasteiger partial charge in [-0.15, -0.1) is 0 Å². The summed E-state index contributed by atoms with van der Waals surface area (Å²) in [5, 5.41) is 9.61. The fraction of sp³-hybridized carbons (Fsp3) is 0.464. The van der Waals surface area contributed by atoms with Crippen LogP contribution in [-0.4, -0.2) is 17.7 Å². The summed E-state index contributed by atoms with van der Waals surface area (Å²) in [4.78, 5) is 11.7. The highest BCUT2D eigenvalue weighted by molar-refractivity contribution is 5.96. The molecule has 31 heavy (non-hydrogen) atoms. The maximum absolute atomic E-state index is 11.7. The van der Waals surface area contributed by atoms with Crippen molar-refractivity contribution in [2.24, 2.45) is 17.8 Å². The summed E-state index contributed by atoms with van der Waals surface area (Å²) in [6, 6.07) is 12.0. The van der Waals surface area contributed by atoms with Crippen molar-refractivity contribution >= 4 is 12.0 Å². The van der Waals surface area contributed by atoms with Gasteiger partial charge in [0.1, 0.15) is 5.75 Å². The van der Waals surface area contributed by atoms with E-state index in [1.165, 1.54) is 44.1 Å². The van der Waals surface area contributed by atoms with E-state index in [-0.39, 0.29) is 11.0 Å². The quantitative estimate of drug-likeness (QED) is 0.531. The van der Waals surface area contributed by atoms with Gasteiger partial charge in [-0.3, -0.25) is 0 Å². The SMILES string of the molecule is C=Cc1c(C(=O)O)cccc1-c1ccc(C23CC4CC(CC(C4)C2)C3)c(OCCC)c1. The summed E-state index contributed by atoms with van der Waals surface area (Å²) in [6.07, 6.45) is 10.8. The van der Waals surface area contributed by atoms with Gasteiger partial charge in [-0.05, 0) is 96.9 Å². The largest absolute Gasteiger partial charge is 0.493 e. The number of carboxylic acids is 1. The fourth-order valence-corrected chi connectivity index (χ4v) is 7.12. The molecule has 0 unspecified atom stereocenters. The second-order valence-corrected chi connectivity index (χ2v) is 10.0. The van der Waals surface area contributed by atoms with Crippen LogP contribution in [0.15, 0.2) is 43.0 Å². The number of carbonyl (C=O) groups is 1. The Morgan fingerprint density at radius 1 is 1.13 bits per heavy atom. The summed E-state index contributed by atoms with van der Waals surface area (Å²) < 4.78 is 6.35. The molecule has 0 spiro atoms. The molecule has 0 amide bonds. The van der Waals surface area contributed by atoms with Crippen LogP contribution in [0.3, 0.4) is 0 Å². The van der Waals surface area contributed by atoms with Gasteiger partial charge in [0.2, 0.25) is 0 Å². The summed E-state index contributed by atoms with van der Waals surface area (Å²) in [5.41, 5.74) is 4.50. The van der Waals surface area contributed by atoms with Crippen molar-refractivity contribution in [1.29, 1.82) is 0 Å².